The van der Waals surface area contributed by atoms with E-state index in [-0.39, 0.29) is 6.61 Å². The Kier molecular flexibility index (Phi) is 4.37. The summed E-state index contributed by atoms with van der Waals surface area (Å²) in [6, 6.07) is 6.14. The number of nitrogens with zero attached hydrogens (tertiary/aromatic N) is 1. The highest BCUT2D eigenvalue weighted by Gasteiger charge is 2.04. The summed E-state index contributed by atoms with van der Waals surface area (Å²) in [5, 5.41) is 9.08. The summed E-state index contributed by atoms with van der Waals surface area (Å²) in [6.07, 6.45) is 1.90. The second-order valence-corrected chi connectivity index (χ2v) is 3.60. The number of rotatable bonds is 5. The number of benzene rings is 1. The molecular weight excluding hydrogens is 186 g/mol. The van der Waals surface area contributed by atoms with E-state index in [9.17, 15) is 0 Å². The first-order chi connectivity index (χ1) is 7.22. The number of aliphatic hydroxyl groups excluding tert-OH is 1. The van der Waals surface area contributed by atoms with Gasteiger partial charge in [-0.1, -0.05) is 12.1 Å². The summed E-state index contributed by atoms with van der Waals surface area (Å²) in [5.74, 6) is 0. The molecule has 15 heavy (non-hydrogen) atoms. The molecule has 1 N–H and O–H groups in total. The molecule has 1 aromatic rings. The molecule has 0 unspecified atom stereocenters. The molecule has 1 aromatic carbocycles. The van der Waals surface area contributed by atoms with Gasteiger partial charge in [-0.25, -0.2) is 0 Å². The highest BCUT2D eigenvalue weighted by Crippen LogP contribution is 2.19. The van der Waals surface area contributed by atoms with Crippen LogP contribution in [-0.2, 0) is 6.61 Å². The Balaban J connectivity index is 2.94. The highest BCUT2D eigenvalue weighted by atomic mass is 16.3. The van der Waals surface area contributed by atoms with E-state index < -0.39 is 0 Å². The molecule has 2 heteroatoms. The Morgan fingerprint density at radius 3 is 2.67 bits per heavy atom. The van der Waals surface area contributed by atoms with Crippen LogP contribution in [0.2, 0.25) is 0 Å². The summed E-state index contributed by atoms with van der Waals surface area (Å²) in [5.41, 5.74) is 3.32. The van der Waals surface area contributed by atoms with E-state index in [4.69, 9.17) is 5.11 Å². The van der Waals surface area contributed by atoms with Crippen molar-refractivity contribution in [2.45, 2.75) is 20.5 Å². The molecule has 2 nitrogen and oxygen atoms in total. The molecule has 0 aliphatic carbocycles. The van der Waals surface area contributed by atoms with Gasteiger partial charge in [-0.15, -0.1) is 6.58 Å². The first-order valence-electron chi connectivity index (χ1n) is 5.29. The minimum atomic E-state index is 0.111. The van der Waals surface area contributed by atoms with Gasteiger partial charge >= 0.3 is 0 Å². The van der Waals surface area contributed by atoms with Crippen molar-refractivity contribution < 1.29 is 5.11 Å². The summed E-state index contributed by atoms with van der Waals surface area (Å²) in [4.78, 5) is 2.24. The Hall–Kier alpha value is -1.28. The van der Waals surface area contributed by atoms with Gasteiger partial charge in [0.25, 0.3) is 0 Å². The average molecular weight is 205 g/mol. The topological polar surface area (TPSA) is 23.5 Å². The molecule has 1 rings (SSSR count). The van der Waals surface area contributed by atoms with Crippen LogP contribution in [-0.4, -0.2) is 18.2 Å². The number of anilines is 1. The van der Waals surface area contributed by atoms with Crippen molar-refractivity contribution in [2.75, 3.05) is 18.0 Å². The minimum absolute atomic E-state index is 0.111. The van der Waals surface area contributed by atoms with Gasteiger partial charge in [0.15, 0.2) is 0 Å². The van der Waals surface area contributed by atoms with Gasteiger partial charge in [0.2, 0.25) is 0 Å². The molecule has 0 radical (unpaired) electrons. The molecule has 0 saturated heterocycles. The third-order valence-electron chi connectivity index (χ3n) is 2.59. The lowest BCUT2D eigenvalue weighted by Crippen LogP contribution is -2.22. The third-order valence-corrected chi connectivity index (χ3v) is 2.59. The van der Waals surface area contributed by atoms with Crippen molar-refractivity contribution in [3.05, 3.63) is 42.0 Å². The lowest BCUT2D eigenvalue weighted by molar-refractivity contribution is 0.281. The summed E-state index contributed by atoms with van der Waals surface area (Å²) in [6.45, 7) is 9.83. The van der Waals surface area contributed by atoms with Gasteiger partial charge in [0.1, 0.15) is 0 Å². The van der Waals surface area contributed by atoms with Crippen molar-refractivity contribution in [1.29, 1.82) is 0 Å². The lowest BCUT2D eigenvalue weighted by atomic mass is 10.1. The average Bonchev–Trinajstić information content (AvgIpc) is 2.25. The summed E-state index contributed by atoms with van der Waals surface area (Å²) >= 11 is 0. The first-order valence-corrected chi connectivity index (χ1v) is 5.29. The number of aryl methyl sites for hydroxylation is 1. The molecule has 0 amide bonds. The van der Waals surface area contributed by atoms with Crippen LogP contribution in [0.1, 0.15) is 18.1 Å². The molecule has 0 heterocycles. The normalized spacial score (nSPS) is 10.1. The van der Waals surface area contributed by atoms with Crippen molar-refractivity contribution in [2.24, 2.45) is 0 Å². The van der Waals surface area contributed by atoms with E-state index >= 15 is 0 Å². The van der Waals surface area contributed by atoms with Crippen LogP contribution in [0, 0.1) is 6.92 Å². The summed E-state index contributed by atoms with van der Waals surface area (Å²) in [7, 11) is 0. The van der Waals surface area contributed by atoms with Crippen LogP contribution in [0.3, 0.4) is 0 Å². The van der Waals surface area contributed by atoms with Gasteiger partial charge in [0.05, 0.1) is 6.61 Å². The molecule has 0 aromatic heterocycles. The molecule has 0 saturated carbocycles. The maximum atomic E-state index is 9.08. The van der Waals surface area contributed by atoms with E-state index in [0.29, 0.717) is 0 Å². The molecule has 0 fully saturated rings. The zero-order chi connectivity index (χ0) is 11.3. The highest BCUT2D eigenvalue weighted by molar-refractivity contribution is 5.51. The molecule has 0 atom stereocenters. The van der Waals surface area contributed by atoms with E-state index in [2.05, 4.69) is 24.5 Å². The van der Waals surface area contributed by atoms with Crippen molar-refractivity contribution in [1.82, 2.24) is 0 Å². The monoisotopic (exact) mass is 205 g/mol. The van der Waals surface area contributed by atoms with Gasteiger partial charge in [-0.2, -0.15) is 0 Å². The molecule has 0 bridgehead atoms. The van der Waals surface area contributed by atoms with E-state index in [1.165, 1.54) is 5.69 Å². The van der Waals surface area contributed by atoms with E-state index in [1.807, 2.05) is 25.1 Å². The predicted molar refractivity (Wildman–Crippen MR) is 65.2 cm³/mol. The second kappa shape index (κ2) is 5.56. The Labute approximate surface area is 91.9 Å². The second-order valence-electron chi connectivity index (χ2n) is 3.60. The Bertz CT molecular complexity index is 333. The zero-order valence-electron chi connectivity index (χ0n) is 9.53. The van der Waals surface area contributed by atoms with Gasteiger partial charge < -0.3 is 10.0 Å². The molecule has 0 aliphatic rings. The summed E-state index contributed by atoms with van der Waals surface area (Å²) < 4.78 is 0. The fourth-order valence-corrected chi connectivity index (χ4v) is 1.63. The molecule has 0 aliphatic heterocycles. The van der Waals surface area contributed by atoms with E-state index in [0.717, 1.165) is 24.2 Å². The first kappa shape index (κ1) is 11.8. The van der Waals surface area contributed by atoms with Crippen LogP contribution in [0.25, 0.3) is 0 Å². The standard InChI is InChI=1S/C13H19NO/c1-4-8-14(5-2)13-7-6-12(10-15)11(3)9-13/h4,6-7,9,15H,1,5,8,10H2,2-3H3. The van der Waals surface area contributed by atoms with Crippen LogP contribution < -0.4 is 4.90 Å². The number of aliphatic hydroxyl groups is 1. The smallest absolute Gasteiger partial charge is 0.0684 e. The third kappa shape index (κ3) is 2.83. The van der Waals surface area contributed by atoms with Gasteiger partial charge in [-0.05, 0) is 37.1 Å². The van der Waals surface area contributed by atoms with Crippen LogP contribution >= 0.6 is 0 Å². The fourth-order valence-electron chi connectivity index (χ4n) is 1.63. The van der Waals surface area contributed by atoms with E-state index in [1.54, 1.807) is 0 Å². The number of hydrogen-bond donors (Lipinski definition) is 1. The van der Waals surface area contributed by atoms with Crippen LogP contribution in [0.5, 0.6) is 0 Å². The predicted octanol–water partition coefficient (Wildman–Crippen LogP) is 2.50. The largest absolute Gasteiger partial charge is 0.392 e. The maximum Gasteiger partial charge on any atom is 0.0684 e. The number of likely N-dealkylation sites (N-methyl/N-ethyl adjacent to an activating group) is 1. The zero-order valence-corrected chi connectivity index (χ0v) is 9.53. The molecule has 82 valence electrons. The maximum absolute atomic E-state index is 9.08. The minimum Gasteiger partial charge on any atom is -0.392 e. The van der Waals surface area contributed by atoms with Crippen LogP contribution in [0.4, 0.5) is 5.69 Å². The molecular formula is C13H19NO. The SMILES string of the molecule is C=CCN(CC)c1ccc(CO)c(C)c1. The Morgan fingerprint density at radius 1 is 1.47 bits per heavy atom. The van der Waals surface area contributed by atoms with Crippen molar-refractivity contribution in [3.8, 4) is 0 Å². The quantitative estimate of drug-likeness (QED) is 0.747. The van der Waals surface area contributed by atoms with Gasteiger partial charge in [0, 0.05) is 18.8 Å². The van der Waals surface area contributed by atoms with Crippen molar-refractivity contribution >= 4 is 5.69 Å². The fraction of sp³-hybridized carbons (Fsp3) is 0.385. The number of hydrogen-bond acceptors (Lipinski definition) is 2. The van der Waals surface area contributed by atoms with Crippen LogP contribution in [0.15, 0.2) is 30.9 Å². The Morgan fingerprint density at radius 2 is 2.20 bits per heavy atom. The lowest BCUT2D eigenvalue weighted by Gasteiger charge is -2.22. The molecule has 0 spiro atoms. The van der Waals surface area contributed by atoms with Gasteiger partial charge in [-0.3, -0.25) is 0 Å². The van der Waals surface area contributed by atoms with Crippen molar-refractivity contribution in [3.63, 3.8) is 0 Å².